The van der Waals surface area contributed by atoms with E-state index in [0.29, 0.717) is 0 Å². The maximum atomic E-state index is 6.69. The van der Waals surface area contributed by atoms with Gasteiger partial charge in [-0.2, -0.15) is 0 Å². The van der Waals surface area contributed by atoms with Crippen LogP contribution in [0.5, 0.6) is 0 Å². The summed E-state index contributed by atoms with van der Waals surface area (Å²) >= 11 is 0. The first kappa shape index (κ1) is 20.9. The molecule has 0 N–H and O–H groups in total. The number of aryl methyl sites for hydroxylation is 1. The van der Waals surface area contributed by atoms with E-state index in [4.69, 9.17) is 18.8 Å². The lowest BCUT2D eigenvalue weighted by atomic mass is 9.80. The highest BCUT2D eigenvalue weighted by atomic mass is 16.3. The molecule has 7 aromatic rings. The van der Waals surface area contributed by atoms with Gasteiger partial charge in [-0.3, -0.25) is 9.97 Å². The maximum Gasteiger partial charge on any atom is 0.157 e. The van der Waals surface area contributed by atoms with Gasteiger partial charge in [0.25, 0.3) is 0 Å². The number of nitrogens with zero attached hydrogens (tertiary/aromatic N) is 2. The van der Waals surface area contributed by atoms with Crippen LogP contribution in [0, 0.1) is 6.92 Å². The molecule has 0 aliphatic rings. The molecule has 0 atom stereocenters. The fourth-order valence-electron chi connectivity index (χ4n) is 5.32. The van der Waals surface area contributed by atoms with Crippen LogP contribution in [0.15, 0.2) is 100.0 Å². The van der Waals surface area contributed by atoms with Crippen LogP contribution in [0.1, 0.15) is 30.8 Å². The number of benzene rings is 3. The highest BCUT2D eigenvalue weighted by Gasteiger charge is 2.30. The van der Waals surface area contributed by atoms with Crippen molar-refractivity contribution in [2.75, 3.05) is 0 Å². The Balaban J connectivity index is 1.49. The summed E-state index contributed by atoms with van der Waals surface area (Å²) in [5.41, 5.74) is 7.89. The van der Waals surface area contributed by atoms with Crippen LogP contribution in [0.25, 0.3) is 55.1 Å². The zero-order chi connectivity index (χ0) is 24.4. The zero-order valence-corrected chi connectivity index (χ0v) is 20.4. The minimum Gasteiger partial charge on any atom is -0.454 e. The van der Waals surface area contributed by atoms with Crippen LogP contribution in [-0.2, 0) is 5.41 Å². The Labute approximate surface area is 208 Å². The van der Waals surface area contributed by atoms with Crippen molar-refractivity contribution in [3.63, 3.8) is 0 Å². The van der Waals surface area contributed by atoms with Crippen molar-refractivity contribution >= 4 is 43.9 Å². The molecule has 3 aromatic carbocycles. The van der Waals surface area contributed by atoms with Crippen LogP contribution in [0.3, 0.4) is 0 Å². The van der Waals surface area contributed by atoms with Gasteiger partial charge in [-0.05, 0) is 36.8 Å². The summed E-state index contributed by atoms with van der Waals surface area (Å²) in [6, 6.07) is 29.1. The van der Waals surface area contributed by atoms with E-state index in [2.05, 4.69) is 74.5 Å². The molecule has 0 radical (unpaired) electrons. The van der Waals surface area contributed by atoms with Crippen LogP contribution in [-0.4, -0.2) is 9.97 Å². The molecule has 0 saturated carbocycles. The van der Waals surface area contributed by atoms with Crippen LogP contribution in [0.4, 0.5) is 0 Å². The second-order valence-corrected chi connectivity index (χ2v) is 9.93. The van der Waals surface area contributed by atoms with Crippen molar-refractivity contribution in [2.45, 2.75) is 26.2 Å². The third kappa shape index (κ3) is 3.01. The smallest absolute Gasteiger partial charge is 0.157 e. The largest absolute Gasteiger partial charge is 0.454 e. The molecule has 0 aliphatic carbocycles. The predicted octanol–water partition coefficient (Wildman–Crippen LogP) is 8.58. The molecule has 4 heterocycles. The third-order valence-corrected chi connectivity index (χ3v) is 7.24. The minimum atomic E-state index is -0.327. The van der Waals surface area contributed by atoms with E-state index in [9.17, 15) is 0 Å². The summed E-state index contributed by atoms with van der Waals surface area (Å²) in [5, 5.41) is 4.28. The first-order chi connectivity index (χ1) is 17.5. The summed E-state index contributed by atoms with van der Waals surface area (Å²) < 4.78 is 12.7. The van der Waals surface area contributed by atoms with Gasteiger partial charge < -0.3 is 8.83 Å². The first-order valence-corrected chi connectivity index (χ1v) is 12.2. The highest BCUT2D eigenvalue weighted by Crippen LogP contribution is 2.42. The number of fused-ring (bicyclic) bond motifs is 6. The molecule has 4 aromatic heterocycles. The highest BCUT2D eigenvalue weighted by molar-refractivity contribution is 6.11. The summed E-state index contributed by atoms with van der Waals surface area (Å²) in [4.78, 5) is 9.75. The fraction of sp³-hybridized carbons (Fsp3) is 0.125. The van der Waals surface area contributed by atoms with Crippen molar-refractivity contribution in [1.29, 1.82) is 0 Å². The Morgan fingerprint density at radius 3 is 2.31 bits per heavy atom. The van der Waals surface area contributed by atoms with E-state index in [1.807, 2.05) is 37.4 Å². The van der Waals surface area contributed by atoms with Crippen LogP contribution >= 0.6 is 0 Å². The van der Waals surface area contributed by atoms with Gasteiger partial charge >= 0.3 is 0 Å². The molecule has 0 aliphatic heterocycles. The number of para-hydroxylation sites is 2. The van der Waals surface area contributed by atoms with Crippen molar-refractivity contribution < 1.29 is 8.83 Å². The van der Waals surface area contributed by atoms with Gasteiger partial charge in [0.05, 0.1) is 17.6 Å². The molecule has 0 amide bonds. The number of hydrogen-bond donors (Lipinski definition) is 0. The summed E-state index contributed by atoms with van der Waals surface area (Å²) in [6.07, 6.45) is 1.81. The number of pyridine rings is 2. The van der Waals surface area contributed by atoms with E-state index >= 15 is 0 Å². The summed E-state index contributed by atoms with van der Waals surface area (Å²) in [7, 11) is 0. The van der Waals surface area contributed by atoms with E-state index in [1.165, 1.54) is 5.56 Å². The fourth-order valence-corrected chi connectivity index (χ4v) is 5.32. The van der Waals surface area contributed by atoms with Crippen LogP contribution < -0.4 is 0 Å². The number of hydrogen-bond acceptors (Lipinski definition) is 4. The Morgan fingerprint density at radius 1 is 0.667 bits per heavy atom. The lowest BCUT2D eigenvalue weighted by Gasteiger charge is -2.25. The normalized spacial score (nSPS) is 12.3. The molecule has 0 bridgehead atoms. The third-order valence-electron chi connectivity index (χ3n) is 7.24. The van der Waals surface area contributed by atoms with Gasteiger partial charge in [0.2, 0.25) is 0 Å². The van der Waals surface area contributed by atoms with Crippen molar-refractivity contribution in [3.05, 3.63) is 108 Å². The van der Waals surface area contributed by atoms with Crippen molar-refractivity contribution in [2.24, 2.45) is 0 Å². The van der Waals surface area contributed by atoms with E-state index in [0.717, 1.165) is 66.5 Å². The van der Waals surface area contributed by atoms with Crippen molar-refractivity contribution in [3.8, 4) is 11.3 Å². The van der Waals surface area contributed by atoms with Gasteiger partial charge in [-0.25, -0.2) is 0 Å². The second kappa shape index (κ2) is 7.53. The minimum absolute atomic E-state index is 0.327. The van der Waals surface area contributed by atoms with E-state index < -0.39 is 0 Å². The van der Waals surface area contributed by atoms with E-state index in [-0.39, 0.29) is 5.41 Å². The SMILES string of the molecule is Cc1cc2c(oc3c(-c4cc5c(cn4)oc4ccccc45)cccc32)c(C(C)(C)c2ccccc2)n1. The molecule has 4 heteroatoms. The Bertz CT molecular complexity index is 1930. The predicted molar refractivity (Wildman–Crippen MR) is 145 cm³/mol. The van der Waals surface area contributed by atoms with Gasteiger partial charge in [0.1, 0.15) is 11.2 Å². The number of furan rings is 2. The topological polar surface area (TPSA) is 52.1 Å². The average Bonchev–Trinajstić information content (AvgIpc) is 3.46. The molecular weight excluding hydrogens is 444 g/mol. The van der Waals surface area contributed by atoms with Crippen molar-refractivity contribution in [1.82, 2.24) is 9.97 Å². The number of rotatable bonds is 3. The quantitative estimate of drug-likeness (QED) is 0.261. The standard InChI is InChI=1S/C32H24N2O2/c1-19-16-25-22-13-9-14-23(26-17-24-21-12-7-8-15-27(21)35-28(24)18-33-26)29(22)36-30(25)31(34-19)32(2,3)20-10-5-4-6-11-20/h4-18H,1-3H3. The maximum absolute atomic E-state index is 6.69. The summed E-state index contributed by atoms with van der Waals surface area (Å²) in [6.45, 7) is 6.46. The molecule has 7 rings (SSSR count). The van der Waals surface area contributed by atoms with Gasteiger partial charge in [0, 0.05) is 38.2 Å². The first-order valence-electron chi connectivity index (χ1n) is 12.2. The molecule has 0 spiro atoms. The van der Waals surface area contributed by atoms with Gasteiger partial charge in [-0.1, -0.05) is 74.5 Å². The molecular formula is C32H24N2O2. The second-order valence-electron chi connectivity index (χ2n) is 9.93. The van der Waals surface area contributed by atoms with E-state index in [1.54, 1.807) is 0 Å². The van der Waals surface area contributed by atoms with Gasteiger partial charge in [0.15, 0.2) is 11.2 Å². The Kier molecular flexibility index (Phi) is 4.37. The van der Waals surface area contributed by atoms with Gasteiger partial charge in [-0.15, -0.1) is 0 Å². The number of aromatic nitrogens is 2. The zero-order valence-electron chi connectivity index (χ0n) is 20.4. The molecule has 174 valence electrons. The Hall–Kier alpha value is -4.44. The lowest BCUT2D eigenvalue weighted by Crippen LogP contribution is -2.21. The average molecular weight is 469 g/mol. The molecule has 0 fully saturated rings. The molecule has 36 heavy (non-hydrogen) atoms. The Morgan fingerprint density at radius 2 is 1.44 bits per heavy atom. The molecule has 0 unspecified atom stereocenters. The molecule has 4 nitrogen and oxygen atoms in total. The summed E-state index contributed by atoms with van der Waals surface area (Å²) in [5.74, 6) is 0. The lowest BCUT2D eigenvalue weighted by molar-refractivity contribution is 0.587. The van der Waals surface area contributed by atoms with Crippen LogP contribution in [0.2, 0.25) is 0 Å². The molecule has 0 saturated heterocycles. The monoisotopic (exact) mass is 468 g/mol.